The molecular weight excluding hydrogens is 438 g/mol. The van der Waals surface area contributed by atoms with Crippen molar-refractivity contribution in [3.05, 3.63) is 88.8 Å². The van der Waals surface area contributed by atoms with Crippen LogP contribution in [-0.2, 0) is 11.3 Å². The maximum Gasteiger partial charge on any atom is 0.219 e. The Balaban J connectivity index is 1.74. The Hall–Kier alpha value is -3.04. The number of aromatic nitrogens is 3. The molecule has 2 heterocycles. The van der Waals surface area contributed by atoms with Crippen molar-refractivity contribution in [2.45, 2.75) is 23.4 Å². The zero-order valence-electron chi connectivity index (χ0n) is 16.2. The van der Waals surface area contributed by atoms with Crippen LogP contribution >= 0.6 is 23.1 Å². The normalized spacial score (nSPS) is 11.2. The maximum atomic E-state index is 13.5. The first kappa shape index (κ1) is 21.2. The molecule has 0 atom stereocenters. The van der Waals surface area contributed by atoms with Crippen LogP contribution in [0.1, 0.15) is 22.8 Å². The molecule has 0 spiro atoms. The van der Waals surface area contributed by atoms with Gasteiger partial charge in [-0.1, -0.05) is 42.1 Å². The van der Waals surface area contributed by atoms with E-state index >= 15 is 0 Å². The SMILES string of the molecule is NC(=O)CCn1c(SC(c2ccc(F)cc2)c2ccc(F)cc2)nnc1-c1cccs1. The third-order valence-electron chi connectivity index (χ3n) is 4.61. The van der Waals surface area contributed by atoms with E-state index < -0.39 is 5.91 Å². The Labute approximate surface area is 185 Å². The van der Waals surface area contributed by atoms with E-state index in [9.17, 15) is 13.6 Å². The zero-order chi connectivity index (χ0) is 21.8. The number of hydrogen-bond donors (Lipinski definition) is 1. The number of thiophene rings is 1. The summed E-state index contributed by atoms with van der Waals surface area (Å²) in [6.07, 6.45) is 0.141. The fourth-order valence-corrected chi connectivity index (χ4v) is 5.00. The summed E-state index contributed by atoms with van der Waals surface area (Å²) in [5, 5.41) is 10.9. The van der Waals surface area contributed by atoms with Gasteiger partial charge < -0.3 is 10.3 Å². The van der Waals surface area contributed by atoms with Gasteiger partial charge in [-0.15, -0.1) is 21.5 Å². The van der Waals surface area contributed by atoms with Crippen LogP contribution < -0.4 is 5.73 Å². The van der Waals surface area contributed by atoms with E-state index in [4.69, 9.17) is 5.73 Å². The van der Waals surface area contributed by atoms with Gasteiger partial charge in [0, 0.05) is 13.0 Å². The van der Waals surface area contributed by atoms with Crippen LogP contribution in [0.4, 0.5) is 8.78 Å². The van der Waals surface area contributed by atoms with E-state index in [1.807, 2.05) is 22.1 Å². The zero-order valence-corrected chi connectivity index (χ0v) is 17.9. The number of rotatable bonds is 8. The highest BCUT2D eigenvalue weighted by molar-refractivity contribution is 7.99. The Morgan fingerprint density at radius 2 is 1.61 bits per heavy atom. The van der Waals surface area contributed by atoms with Crippen LogP contribution in [0.5, 0.6) is 0 Å². The summed E-state index contributed by atoms with van der Waals surface area (Å²) in [6, 6.07) is 16.2. The largest absolute Gasteiger partial charge is 0.370 e. The minimum absolute atomic E-state index is 0.141. The van der Waals surface area contributed by atoms with Gasteiger partial charge in [-0.2, -0.15) is 0 Å². The molecule has 0 bridgehead atoms. The molecule has 5 nitrogen and oxygen atoms in total. The van der Waals surface area contributed by atoms with Crippen molar-refractivity contribution < 1.29 is 13.6 Å². The van der Waals surface area contributed by atoms with Gasteiger partial charge in [0.05, 0.1) is 10.1 Å². The maximum absolute atomic E-state index is 13.5. The topological polar surface area (TPSA) is 73.8 Å². The van der Waals surface area contributed by atoms with Crippen LogP contribution in [0.2, 0.25) is 0 Å². The number of benzene rings is 2. The molecule has 1 amide bonds. The number of nitrogens with zero attached hydrogens (tertiary/aromatic N) is 3. The lowest BCUT2D eigenvalue weighted by atomic mass is 10.0. The third kappa shape index (κ3) is 5.00. The Bertz CT molecular complexity index is 1110. The van der Waals surface area contributed by atoms with Gasteiger partial charge in [-0.3, -0.25) is 4.79 Å². The van der Waals surface area contributed by atoms with Gasteiger partial charge in [-0.25, -0.2) is 8.78 Å². The predicted molar refractivity (Wildman–Crippen MR) is 118 cm³/mol. The number of thioether (sulfide) groups is 1. The Kier molecular flexibility index (Phi) is 6.43. The molecule has 4 aromatic rings. The first-order valence-corrected chi connectivity index (χ1v) is 11.2. The van der Waals surface area contributed by atoms with E-state index in [-0.39, 0.29) is 23.3 Å². The van der Waals surface area contributed by atoms with Crippen LogP contribution in [0.3, 0.4) is 0 Å². The van der Waals surface area contributed by atoms with Crippen molar-refractivity contribution in [1.82, 2.24) is 14.8 Å². The lowest BCUT2D eigenvalue weighted by Gasteiger charge is -2.18. The summed E-state index contributed by atoms with van der Waals surface area (Å²) in [5.41, 5.74) is 7.04. The highest BCUT2D eigenvalue weighted by Gasteiger charge is 2.22. The van der Waals surface area contributed by atoms with Gasteiger partial charge in [0.2, 0.25) is 5.91 Å². The van der Waals surface area contributed by atoms with Gasteiger partial charge in [0.25, 0.3) is 0 Å². The molecule has 0 aliphatic carbocycles. The van der Waals surface area contributed by atoms with Crippen LogP contribution in [0.15, 0.2) is 71.2 Å². The van der Waals surface area contributed by atoms with Gasteiger partial charge in [-0.05, 0) is 46.8 Å². The highest BCUT2D eigenvalue weighted by atomic mass is 32.2. The average molecular weight is 457 g/mol. The van der Waals surface area contributed by atoms with Crippen molar-refractivity contribution >= 4 is 29.0 Å². The van der Waals surface area contributed by atoms with Crippen molar-refractivity contribution in [3.8, 4) is 10.7 Å². The molecule has 4 rings (SSSR count). The van der Waals surface area contributed by atoms with Crippen molar-refractivity contribution in [2.24, 2.45) is 5.73 Å². The number of carbonyl (C=O) groups is 1. The molecule has 2 N–H and O–H groups in total. The van der Waals surface area contributed by atoms with Crippen LogP contribution in [0, 0.1) is 11.6 Å². The smallest absolute Gasteiger partial charge is 0.219 e. The first-order valence-electron chi connectivity index (χ1n) is 9.44. The number of amides is 1. The van der Waals surface area contributed by atoms with E-state index in [2.05, 4.69) is 10.2 Å². The monoisotopic (exact) mass is 456 g/mol. The molecule has 9 heteroatoms. The molecule has 0 fully saturated rings. The number of primary amides is 1. The highest BCUT2D eigenvalue weighted by Crippen LogP contribution is 2.41. The van der Waals surface area contributed by atoms with Crippen molar-refractivity contribution in [1.29, 1.82) is 0 Å². The minimum Gasteiger partial charge on any atom is -0.370 e. The number of hydrogen-bond acceptors (Lipinski definition) is 5. The molecule has 0 saturated heterocycles. The summed E-state index contributed by atoms with van der Waals surface area (Å²) < 4.78 is 28.9. The summed E-state index contributed by atoms with van der Waals surface area (Å²) in [6.45, 7) is 0.331. The second-order valence-corrected chi connectivity index (χ2v) is 8.77. The van der Waals surface area contributed by atoms with Crippen LogP contribution in [0.25, 0.3) is 10.7 Å². The Morgan fingerprint density at radius 3 is 2.13 bits per heavy atom. The quantitative estimate of drug-likeness (QED) is 0.377. The molecule has 0 aliphatic rings. The van der Waals surface area contributed by atoms with E-state index in [1.54, 1.807) is 24.3 Å². The lowest BCUT2D eigenvalue weighted by molar-refractivity contribution is -0.118. The molecule has 0 saturated carbocycles. The first-order chi connectivity index (χ1) is 15.0. The predicted octanol–water partition coefficient (Wildman–Crippen LogP) is 5.04. The second kappa shape index (κ2) is 9.40. The number of carbonyl (C=O) groups excluding carboxylic acids is 1. The molecule has 0 radical (unpaired) electrons. The molecule has 0 unspecified atom stereocenters. The number of halogens is 2. The van der Waals surface area contributed by atoms with Crippen LogP contribution in [-0.4, -0.2) is 20.7 Å². The fraction of sp³-hybridized carbons (Fsp3) is 0.136. The minimum atomic E-state index is -0.421. The molecule has 158 valence electrons. The average Bonchev–Trinajstić information content (AvgIpc) is 3.42. The van der Waals surface area contributed by atoms with E-state index in [0.717, 1.165) is 16.0 Å². The summed E-state index contributed by atoms with van der Waals surface area (Å²) in [7, 11) is 0. The standard InChI is InChI=1S/C22H18F2N4OS2/c23-16-7-3-14(4-8-16)20(15-5-9-17(24)10-6-15)31-22-27-26-21(18-2-1-13-30-18)28(22)12-11-19(25)29/h1-10,13,20H,11-12H2,(H2,25,29). The molecule has 2 aromatic carbocycles. The summed E-state index contributed by atoms with van der Waals surface area (Å²) in [4.78, 5) is 12.3. The van der Waals surface area contributed by atoms with Gasteiger partial charge in [0.1, 0.15) is 11.6 Å². The van der Waals surface area contributed by atoms with Crippen molar-refractivity contribution in [3.63, 3.8) is 0 Å². The fourth-order valence-electron chi connectivity index (χ4n) is 3.10. The van der Waals surface area contributed by atoms with E-state index in [0.29, 0.717) is 17.5 Å². The van der Waals surface area contributed by atoms with Gasteiger partial charge in [0.15, 0.2) is 11.0 Å². The van der Waals surface area contributed by atoms with Gasteiger partial charge >= 0.3 is 0 Å². The molecule has 31 heavy (non-hydrogen) atoms. The third-order valence-corrected chi connectivity index (χ3v) is 6.77. The molecular formula is C22H18F2N4OS2. The molecule has 0 aliphatic heterocycles. The summed E-state index contributed by atoms with van der Waals surface area (Å²) in [5.74, 6) is -0.446. The summed E-state index contributed by atoms with van der Waals surface area (Å²) >= 11 is 2.92. The lowest BCUT2D eigenvalue weighted by Crippen LogP contribution is -2.15. The van der Waals surface area contributed by atoms with E-state index in [1.165, 1.54) is 47.4 Å². The second-order valence-electron chi connectivity index (χ2n) is 6.75. The van der Waals surface area contributed by atoms with Crippen molar-refractivity contribution in [2.75, 3.05) is 0 Å². The number of nitrogens with two attached hydrogens (primary N) is 1. The molecule has 2 aromatic heterocycles. The Morgan fingerprint density at radius 1 is 1.00 bits per heavy atom.